The Kier molecular flexibility index (Phi) is 8.01. The van der Waals surface area contributed by atoms with Crippen molar-refractivity contribution in [3.8, 4) is 5.75 Å². The summed E-state index contributed by atoms with van der Waals surface area (Å²) in [6, 6.07) is 8.71. The van der Waals surface area contributed by atoms with Crippen LogP contribution in [0, 0.1) is 5.92 Å². The fraction of sp³-hybridized carbons (Fsp3) is 0.571. The standard InChI is InChI=1S/C14H23NO.ClH/c1-11(2)10-15-12(3)9-13-7-5-6-8-14(13)16-4;/h5-8,11-12,15H,9-10H2,1-4H3;1H. The van der Waals surface area contributed by atoms with Gasteiger partial charge >= 0.3 is 0 Å². The molecule has 0 aliphatic rings. The number of hydrogen-bond acceptors (Lipinski definition) is 2. The van der Waals surface area contributed by atoms with Gasteiger partial charge in [0.1, 0.15) is 5.75 Å². The van der Waals surface area contributed by atoms with E-state index in [9.17, 15) is 0 Å². The van der Waals surface area contributed by atoms with Gasteiger partial charge in [-0.15, -0.1) is 12.4 Å². The predicted molar refractivity (Wildman–Crippen MR) is 76.2 cm³/mol. The number of rotatable bonds is 6. The highest BCUT2D eigenvalue weighted by molar-refractivity contribution is 5.85. The van der Waals surface area contributed by atoms with Crippen molar-refractivity contribution < 1.29 is 4.74 Å². The van der Waals surface area contributed by atoms with Crippen LogP contribution >= 0.6 is 12.4 Å². The van der Waals surface area contributed by atoms with Gasteiger partial charge in [0, 0.05) is 6.04 Å². The Balaban J connectivity index is 0.00000256. The van der Waals surface area contributed by atoms with Crippen LogP contribution in [0.5, 0.6) is 5.75 Å². The lowest BCUT2D eigenvalue weighted by molar-refractivity contribution is 0.404. The molecular formula is C14H24ClNO. The molecule has 1 rings (SSSR count). The lowest BCUT2D eigenvalue weighted by Gasteiger charge is -2.17. The molecule has 1 N–H and O–H groups in total. The van der Waals surface area contributed by atoms with Crippen molar-refractivity contribution in [1.29, 1.82) is 0 Å². The topological polar surface area (TPSA) is 21.3 Å². The molecule has 0 saturated carbocycles. The van der Waals surface area contributed by atoms with E-state index < -0.39 is 0 Å². The third-order valence-electron chi connectivity index (χ3n) is 2.59. The van der Waals surface area contributed by atoms with Crippen LogP contribution < -0.4 is 10.1 Å². The van der Waals surface area contributed by atoms with E-state index in [0.717, 1.165) is 18.7 Å². The Labute approximate surface area is 111 Å². The van der Waals surface area contributed by atoms with E-state index >= 15 is 0 Å². The van der Waals surface area contributed by atoms with Gasteiger partial charge < -0.3 is 10.1 Å². The zero-order chi connectivity index (χ0) is 12.0. The average Bonchev–Trinajstić information content (AvgIpc) is 2.27. The highest BCUT2D eigenvalue weighted by atomic mass is 35.5. The number of methoxy groups -OCH3 is 1. The minimum absolute atomic E-state index is 0. The van der Waals surface area contributed by atoms with E-state index in [4.69, 9.17) is 4.74 Å². The number of para-hydroxylation sites is 1. The molecule has 0 spiro atoms. The Hall–Kier alpha value is -0.730. The van der Waals surface area contributed by atoms with Gasteiger partial charge in [-0.2, -0.15) is 0 Å². The van der Waals surface area contributed by atoms with Crippen LogP contribution in [0.1, 0.15) is 26.3 Å². The summed E-state index contributed by atoms with van der Waals surface area (Å²) in [5.74, 6) is 1.68. The van der Waals surface area contributed by atoms with E-state index in [2.05, 4.69) is 38.2 Å². The van der Waals surface area contributed by atoms with Crippen molar-refractivity contribution in [3.63, 3.8) is 0 Å². The monoisotopic (exact) mass is 257 g/mol. The van der Waals surface area contributed by atoms with E-state index in [1.54, 1.807) is 7.11 Å². The molecule has 0 aliphatic heterocycles. The molecule has 1 aromatic rings. The Morgan fingerprint density at radius 2 is 1.82 bits per heavy atom. The van der Waals surface area contributed by atoms with Gasteiger partial charge in [0.05, 0.1) is 7.11 Å². The second kappa shape index (κ2) is 8.37. The summed E-state index contributed by atoms with van der Waals surface area (Å²) in [4.78, 5) is 0. The quantitative estimate of drug-likeness (QED) is 0.844. The van der Waals surface area contributed by atoms with Gasteiger partial charge in [-0.1, -0.05) is 32.0 Å². The average molecular weight is 258 g/mol. The van der Waals surface area contributed by atoms with Gasteiger partial charge in [0.2, 0.25) is 0 Å². The summed E-state index contributed by atoms with van der Waals surface area (Å²) in [5, 5.41) is 3.53. The van der Waals surface area contributed by atoms with Gasteiger partial charge in [-0.05, 0) is 37.4 Å². The van der Waals surface area contributed by atoms with Crippen LogP contribution in [0.15, 0.2) is 24.3 Å². The maximum absolute atomic E-state index is 5.34. The third kappa shape index (κ3) is 5.94. The van der Waals surface area contributed by atoms with Crippen LogP contribution in [0.4, 0.5) is 0 Å². The van der Waals surface area contributed by atoms with E-state index in [1.165, 1.54) is 5.56 Å². The van der Waals surface area contributed by atoms with Crippen molar-refractivity contribution in [2.24, 2.45) is 5.92 Å². The minimum atomic E-state index is 0. The maximum atomic E-state index is 5.34. The Morgan fingerprint density at radius 3 is 2.41 bits per heavy atom. The van der Waals surface area contributed by atoms with Crippen molar-refractivity contribution in [1.82, 2.24) is 5.32 Å². The summed E-state index contributed by atoms with van der Waals surface area (Å²) in [6.45, 7) is 7.73. The first-order chi connectivity index (χ1) is 7.63. The van der Waals surface area contributed by atoms with Gasteiger partial charge in [0.25, 0.3) is 0 Å². The molecule has 0 aromatic heterocycles. The molecule has 0 bridgehead atoms. The van der Waals surface area contributed by atoms with E-state index in [-0.39, 0.29) is 12.4 Å². The van der Waals surface area contributed by atoms with Crippen molar-refractivity contribution in [2.75, 3.05) is 13.7 Å². The fourth-order valence-electron chi connectivity index (χ4n) is 1.71. The van der Waals surface area contributed by atoms with Crippen molar-refractivity contribution >= 4 is 12.4 Å². The third-order valence-corrected chi connectivity index (χ3v) is 2.59. The van der Waals surface area contributed by atoms with Gasteiger partial charge in [-0.25, -0.2) is 0 Å². The number of nitrogens with one attached hydrogen (secondary N) is 1. The molecule has 3 heteroatoms. The first kappa shape index (κ1) is 16.3. The van der Waals surface area contributed by atoms with Crippen molar-refractivity contribution in [3.05, 3.63) is 29.8 Å². The highest BCUT2D eigenvalue weighted by Gasteiger charge is 2.07. The van der Waals surface area contributed by atoms with Gasteiger partial charge in [-0.3, -0.25) is 0 Å². The Bertz CT molecular complexity index is 315. The van der Waals surface area contributed by atoms with E-state index in [0.29, 0.717) is 12.0 Å². The number of hydrogen-bond donors (Lipinski definition) is 1. The summed E-state index contributed by atoms with van der Waals surface area (Å²) >= 11 is 0. The largest absolute Gasteiger partial charge is 0.496 e. The normalized spacial score (nSPS) is 12.1. The van der Waals surface area contributed by atoms with Crippen LogP contribution in [0.25, 0.3) is 0 Å². The molecule has 17 heavy (non-hydrogen) atoms. The molecule has 0 fully saturated rings. The predicted octanol–water partition coefficient (Wildman–Crippen LogP) is 3.29. The van der Waals surface area contributed by atoms with Crippen LogP contribution in [-0.2, 0) is 6.42 Å². The summed E-state index contributed by atoms with van der Waals surface area (Å²) in [7, 11) is 1.73. The van der Waals surface area contributed by atoms with Crippen LogP contribution in [-0.4, -0.2) is 19.7 Å². The molecule has 0 aliphatic carbocycles. The van der Waals surface area contributed by atoms with Crippen LogP contribution in [0.2, 0.25) is 0 Å². The molecule has 98 valence electrons. The molecule has 0 saturated heterocycles. The lowest BCUT2D eigenvalue weighted by atomic mass is 10.1. The van der Waals surface area contributed by atoms with Gasteiger partial charge in [0.15, 0.2) is 0 Å². The zero-order valence-corrected chi connectivity index (χ0v) is 12.0. The first-order valence-corrected chi connectivity index (χ1v) is 5.98. The molecule has 0 heterocycles. The van der Waals surface area contributed by atoms with Crippen LogP contribution in [0.3, 0.4) is 0 Å². The second-order valence-corrected chi connectivity index (χ2v) is 4.72. The summed E-state index contributed by atoms with van der Waals surface area (Å²) < 4.78 is 5.34. The fourth-order valence-corrected chi connectivity index (χ4v) is 1.71. The van der Waals surface area contributed by atoms with Crippen molar-refractivity contribution in [2.45, 2.75) is 33.2 Å². The minimum Gasteiger partial charge on any atom is -0.496 e. The molecule has 1 aromatic carbocycles. The molecular weight excluding hydrogens is 234 g/mol. The first-order valence-electron chi connectivity index (χ1n) is 5.98. The number of benzene rings is 1. The van der Waals surface area contributed by atoms with E-state index in [1.807, 2.05) is 12.1 Å². The maximum Gasteiger partial charge on any atom is 0.122 e. The Morgan fingerprint density at radius 1 is 1.18 bits per heavy atom. The SMILES string of the molecule is COc1ccccc1CC(C)NCC(C)C.Cl. The molecule has 1 unspecified atom stereocenters. The highest BCUT2D eigenvalue weighted by Crippen LogP contribution is 2.18. The second-order valence-electron chi connectivity index (χ2n) is 4.72. The molecule has 1 atom stereocenters. The molecule has 0 amide bonds. The zero-order valence-electron chi connectivity index (χ0n) is 11.2. The number of ether oxygens (including phenoxy) is 1. The number of halogens is 1. The molecule has 0 radical (unpaired) electrons. The summed E-state index contributed by atoms with van der Waals surface area (Å²) in [6.07, 6.45) is 1.01. The lowest BCUT2D eigenvalue weighted by Crippen LogP contribution is -2.31. The summed E-state index contributed by atoms with van der Waals surface area (Å²) in [5.41, 5.74) is 1.27. The smallest absolute Gasteiger partial charge is 0.122 e. The molecule has 2 nitrogen and oxygen atoms in total.